The second-order valence-corrected chi connectivity index (χ2v) is 1.55. The Morgan fingerprint density at radius 1 is 1.09 bits per heavy atom. The SMILES string of the molecule is N=CN.O=S(O)O.O=S(O)O. The summed E-state index contributed by atoms with van der Waals surface area (Å²) >= 11 is -5.22. The van der Waals surface area contributed by atoms with Crippen molar-refractivity contribution in [3.05, 3.63) is 0 Å². The van der Waals surface area contributed by atoms with Crippen LogP contribution in [0.5, 0.6) is 0 Å². The maximum absolute atomic E-state index is 8.67. The van der Waals surface area contributed by atoms with E-state index in [1.165, 1.54) is 0 Å². The fourth-order valence-corrected chi connectivity index (χ4v) is 0. The Bertz CT molecular complexity index is 106. The molecule has 7 N–H and O–H groups in total. The van der Waals surface area contributed by atoms with Crippen LogP contribution in [0.25, 0.3) is 0 Å². The van der Waals surface area contributed by atoms with Crippen LogP contribution >= 0.6 is 0 Å². The van der Waals surface area contributed by atoms with Gasteiger partial charge in [-0.25, -0.2) is 0 Å². The first-order valence-corrected chi connectivity index (χ1v) is 3.81. The first-order chi connectivity index (χ1) is 4.88. The molecule has 8 nitrogen and oxygen atoms in total. The van der Waals surface area contributed by atoms with Crippen LogP contribution in [0.3, 0.4) is 0 Å². The minimum Gasteiger partial charge on any atom is -0.390 e. The average molecular weight is 208 g/mol. The second-order valence-electron chi connectivity index (χ2n) is 0.628. The van der Waals surface area contributed by atoms with Gasteiger partial charge in [0.05, 0.1) is 6.34 Å². The molecule has 0 atom stereocenters. The minimum absolute atomic E-state index is 0.750. The first kappa shape index (κ1) is 16.9. The number of rotatable bonds is 0. The molecule has 0 rings (SSSR count). The van der Waals surface area contributed by atoms with Crippen LogP contribution < -0.4 is 5.73 Å². The fraction of sp³-hybridized carbons (Fsp3) is 0. The molecule has 0 unspecified atom stereocenters. The molecule has 0 radical (unpaired) electrons. The van der Waals surface area contributed by atoms with Crippen molar-refractivity contribution < 1.29 is 26.6 Å². The van der Waals surface area contributed by atoms with Gasteiger partial charge < -0.3 is 5.73 Å². The van der Waals surface area contributed by atoms with Crippen LogP contribution in [0.2, 0.25) is 0 Å². The van der Waals surface area contributed by atoms with Crippen LogP contribution in [-0.2, 0) is 22.7 Å². The van der Waals surface area contributed by atoms with Crippen LogP contribution in [-0.4, -0.2) is 33.0 Å². The van der Waals surface area contributed by atoms with E-state index < -0.39 is 22.7 Å². The molecular formula is CH8N2O6S2. The van der Waals surface area contributed by atoms with Crippen molar-refractivity contribution in [2.24, 2.45) is 5.73 Å². The highest BCUT2D eigenvalue weighted by Gasteiger charge is 1.63. The van der Waals surface area contributed by atoms with E-state index >= 15 is 0 Å². The van der Waals surface area contributed by atoms with Crippen LogP contribution in [0.4, 0.5) is 0 Å². The molecule has 0 fully saturated rings. The average Bonchev–Trinajstić information content (AvgIpc) is 1.60. The van der Waals surface area contributed by atoms with E-state index in [1.807, 2.05) is 0 Å². The van der Waals surface area contributed by atoms with Gasteiger partial charge in [0.25, 0.3) is 22.7 Å². The molecule has 70 valence electrons. The second kappa shape index (κ2) is 16.3. The number of hydrogen-bond donors (Lipinski definition) is 6. The third-order valence-electron chi connectivity index (χ3n) is 0. The Balaban J connectivity index is -0.0000000886. The van der Waals surface area contributed by atoms with Gasteiger partial charge in [0, 0.05) is 0 Å². The van der Waals surface area contributed by atoms with Crippen molar-refractivity contribution in [1.82, 2.24) is 0 Å². The van der Waals surface area contributed by atoms with Crippen molar-refractivity contribution in [1.29, 1.82) is 5.41 Å². The number of hydrogen-bond acceptors (Lipinski definition) is 3. The summed E-state index contributed by atoms with van der Waals surface area (Å²) < 4.78 is 45.7. The molecule has 0 aromatic rings. The summed E-state index contributed by atoms with van der Waals surface area (Å²) in [4.78, 5) is 0. The Labute approximate surface area is 67.5 Å². The molecule has 0 aliphatic heterocycles. The van der Waals surface area contributed by atoms with Gasteiger partial charge >= 0.3 is 0 Å². The van der Waals surface area contributed by atoms with Crippen molar-refractivity contribution in [2.45, 2.75) is 0 Å². The lowest BCUT2D eigenvalue weighted by Gasteiger charge is -1.59. The highest BCUT2D eigenvalue weighted by atomic mass is 32.2. The number of nitrogens with one attached hydrogen (secondary N) is 1. The molecule has 10 heteroatoms. The highest BCUT2D eigenvalue weighted by Crippen LogP contribution is 1.44. The van der Waals surface area contributed by atoms with Gasteiger partial charge in [-0.15, -0.1) is 0 Å². The lowest BCUT2D eigenvalue weighted by Crippen LogP contribution is -1.81. The smallest absolute Gasteiger partial charge is 0.299 e. The predicted molar refractivity (Wildman–Crippen MR) is 39.8 cm³/mol. The molecule has 0 aromatic heterocycles. The van der Waals surface area contributed by atoms with E-state index in [2.05, 4.69) is 5.73 Å². The topological polar surface area (TPSA) is 165 Å². The molecule has 0 bridgehead atoms. The maximum Gasteiger partial charge on any atom is 0.299 e. The number of nitrogens with two attached hydrogens (primary N) is 1. The third-order valence-corrected chi connectivity index (χ3v) is 0. The van der Waals surface area contributed by atoms with Crippen molar-refractivity contribution in [3.8, 4) is 0 Å². The van der Waals surface area contributed by atoms with E-state index in [0.717, 1.165) is 6.34 Å². The zero-order valence-corrected chi connectivity index (χ0v) is 6.71. The Morgan fingerprint density at radius 3 is 1.09 bits per heavy atom. The van der Waals surface area contributed by atoms with Crippen molar-refractivity contribution in [3.63, 3.8) is 0 Å². The fourth-order valence-electron chi connectivity index (χ4n) is 0. The molecular weight excluding hydrogens is 200 g/mol. The van der Waals surface area contributed by atoms with Gasteiger partial charge in [-0.2, -0.15) is 8.42 Å². The van der Waals surface area contributed by atoms with E-state index in [4.69, 9.17) is 32.0 Å². The molecule has 0 saturated carbocycles. The van der Waals surface area contributed by atoms with E-state index in [0.29, 0.717) is 0 Å². The molecule has 0 aromatic carbocycles. The zero-order chi connectivity index (χ0) is 9.86. The molecule has 0 spiro atoms. The summed E-state index contributed by atoms with van der Waals surface area (Å²) in [7, 11) is 0. The van der Waals surface area contributed by atoms with Gasteiger partial charge in [0.1, 0.15) is 0 Å². The summed E-state index contributed by atoms with van der Waals surface area (Å²) in [5, 5.41) is 5.86. The van der Waals surface area contributed by atoms with Crippen LogP contribution in [0, 0.1) is 5.41 Å². The molecule has 0 aliphatic carbocycles. The largest absolute Gasteiger partial charge is 0.390 e. The molecule has 0 saturated heterocycles. The Morgan fingerprint density at radius 2 is 1.09 bits per heavy atom. The molecule has 11 heavy (non-hydrogen) atoms. The van der Waals surface area contributed by atoms with E-state index in [1.54, 1.807) is 0 Å². The monoisotopic (exact) mass is 208 g/mol. The quantitative estimate of drug-likeness (QED) is 0.167. The van der Waals surface area contributed by atoms with Crippen molar-refractivity contribution in [2.75, 3.05) is 0 Å². The van der Waals surface area contributed by atoms with E-state index in [9.17, 15) is 0 Å². The summed E-state index contributed by atoms with van der Waals surface area (Å²) in [6, 6.07) is 0. The normalized spacial score (nSPS) is 7.45. The van der Waals surface area contributed by atoms with E-state index in [-0.39, 0.29) is 0 Å². The zero-order valence-electron chi connectivity index (χ0n) is 5.08. The summed E-state index contributed by atoms with van der Waals surface area (Å²) in [5.41, 5.74) is 4.39. The standard InChI is InChI=1S/CH4N2.2H2O3S/c2-1-3;2*1-4(2)3/h1H,(H3,2,3);2*(H2,1,2,3). The highest BCUT2D eigenvalue weighted by molar-refractivity contribution is 7.73. The minimum atomic E-state index is -2.61. The van der Waals surface area contributed by atoms with Gasteiger partial charge in [0.2, 0.25) is 0 Å². The van der Waals surface area contributed by atoms with Gasteiger partial charge in [-0.3, -0.25) is 23.6 Å². The summed E-state index contributed by atoms with van der Waals surface area (Å²) in [6.45, 7) is 0. The summed E-state index contributed by atoms with van der Waals surface area (Å²) in [6.07, 6.45) is 0.750. The van der Waals surface area contributed by atoms with Crippen LogP contribution in [0.15, 0.2) is 0 Å². The molecule has 0 amide bonds. The van der Waals surface area contributed by atoms with Gasteiger partial charge in [0.15, 0.2) is 0 Å². The Kier molecular flexibility index (Phi) is 25.1. The lowest BCUT2D eigenvalue weighted by atomic mass is 11.4. The Hall–Kier alpha value is -0.390. The lowest BCUT2D eigenvalue weighted by molar-refractivity contribution is 0.452. The first-order valence-electron chi connectivity index (χ1n) is 1.69. The van der Waals surface area contributed by atoms with Gasteiger partial charge in [-0.05, 0) is 0 Å². The molecule has 0 aliphatic rings. The van der Waals surface area contributed by atoms with Gasteiger partial charge in [-0.1, -0.05) is 0 Å². The predicted octanol–water partition coefficient (Wildman–Crippen LogP) is -1.09. The molecule has 0 heterocycles. The maximum atomic E-state index is 8.67. The third kappa shape index (κ3) is 3660. The van der Waals surface area contributed by atoms with Crippen LogP contribution in [0.1, 0.15) is 0 Å². The van der Waals surface area contributed by atoms with Crippen molar-refractivity contribution >= 4 is 29.1 Å². The summed E-state index contributed by atoms with van der Waals surface area (Å²) in [5.74, 6) is 0.